The van der Waals surface area contributed by atoms with Crippen LogP contribution in [0.1, 0.15) is 35.7 Å². The molecule has 0 bridgehead atoms. The third-order valence-electron chi connectivity index (χ3n) is 3.32. The van der Waals surface area contributed by atoms with E-state index < -0.39 is 12.1 Å². The van der Waals surface area contributed by atoms with Crippen molar-refractivity contribution in [2.75, 3.05) is 5.32 Å². The molecule has 0 radical (unpaired) electrons. The van der Waals surface area contributed by atoms with Crippen molar-refractivity contribution in [1.29, 1.82) is 0 Å². The van der Waals surface area contributed by atoms with E-state index in [9.17, 15) is 14.7 Å². The van der Waals surface area contributed by atoms with Crippen LogP contribution in [0.25, 0.3) is 0 Å². The molecule has 5 nitrogen and oxygen atoms in total. The molecule has 0 saturated carbocycles. The Balaban J connectivity index is 2.12. The molecule has 0 aromatic heterocycles. The number of hydrogen-bond acceptors (Lipinski definition) is 3. The van der Waals surface area contributed by atoms with Gasteiger partial charge in [-0.25, -0.2) is 9.59 Å². The number of ether oxygens (including phenoxy) is 1. The lowest BCUT2D eigenvalue weighted by atomic mass is 10.0. The fourth-order valence-corrected chi connectivity index (χ4v) is 2.14. The number of rotatable bonds is 6. The molecule has 0 aliphatic rings. The zero-order chi connectivity index (χ0) is 16.7. The number of para-hydroxylation sites is 1. The van der Waals surface area contributed by atoms with E-state index in [1.165, 1.54) is 0 Å². The summed E-state index contributed by atoms with van der Waals surface area (Å²) in [5.74, 6) is -0.695. The van der Waals surface area contributed by atoms with E-state index in [-0.39, 0.29) is 11.3 Å². The highest BCUT2D eigenvalue weighted by Crippen LogP contribution is 2.20. The van der Waals surface area contributed by atoms with Crippen LogP contribution in [-0.4, -0.2) is 17.2 Å². The normalized spacial score (nSPS) is 10.1. The number of nitrogens with one attached hydrogen (secondary N) is 1. The number of aryl methyl sites for hydroxylation is 1. The fourth-order valence-electron chi connectivity index (χ4n) is 2.14. The van der Waals surface area contributed by atoms with Crippen molar-refractivity contribution in [3.05, 3.63) is 59.7 Å². The standard InChI is InChI=1S/C18H19NO4/c1-2-3-7-13-10-11-16(15(12-13)17(20)21)19-18(22)23-14-8-5-4-6-9-14/h4-6,8-12H,2-3,7H2,1H3,(H,19,22)(H,20,21). The van der Waals surface area contributed by atoms with Gasteiger partial charge in [-0.15, -0.1) is 0 Å². The third kappa shape index (κ3) is 4.85. The van der Waals surface area contributed by atoms with Gasteiger partial charge < -0.3 is 9.84 Å². The van der Waals surface area contributed by atoms with Crippen LogP contribution in [0.15, 0.2) is 48.5 Å². The molecule has 0 aliphatic heterocycles. The molecule has 1 amide bonds. The van der Waals surface area contributed by atoms with Gasteiger partial charge in [0.05, 0.1) is 11.3 Å². The summed E-state index contributed by atoms with van der Waals surface area (Å²) < 4.78 is 5.11. The minimum absolute atomic E-state index is 0.0589. The van der Waals surface area contributed by atoms with Gasteiger partial charge in [0.1, 0.15) is 5.75 Å². The predicted octanol–water partition coefficient (Wildman–Crippen LogP) is 4.34. The largest absolute Gasteiger partial charge is 0.478 e. The van der Waals surface area contributed by atoms with Gasteiger partial charge in [-0.05, 0) is 42.7 Å². The lowest BCUT2D eigenvalue weighted by Gasteiger charge is -2.10. The second kappa shape index (κ2) is 7.98. The monoisotopic (exact) mass is 313 g/mol. The topological polar surface area (TPSA) is 75.6 Å². The first-order chi connectivity index (χ1) is 11.1. The van der Waals surface area contributed by atoms with E-state index in [2.05, 4.69) is 12.2 Å². The Bertz CT molecular complexity index is 683. The van der Waals surface area contributed by atoms with Crippen molar-refractivity contribution >= 4 is 17.7 Å². The number of benzene rings is 2. The molecule has 5 heteroatoms. The predicted molar refractivity (Wildman–Crippen MR) is 88.1 cm³/mol. The number of carboxylic acid groups (broad SMARTS) is 1. The van der Waals surface area contributed by atoms with Gasteiger partial charge in [0, 0.05) is 0 Å². The van der Waals surface area contributed by atoms with Crippen molar-refractivity contribution in [3.8, 4) is 5.75 Å². The number of unbranched alkanes of at least 4 members (excludes halogenated alkanes) is 1. The highest BCUT2D eigenvalue weighted by Gasteiger charge is 2.14. The van der Waals surface area contributed by atoms with Gasteiger partial charge in [0.2, 0.25) is 0 Å². The first-order valence-corrected chi connectivity index (χ1v) is 7.50. The Morgan fingerprint density at radius 3 is 2.52 bits per heavy atom. The van der Waals surface area contributed by atoms with Gasteiger partial charge in [-0.2, -0.15) is 0 Å². The molecular formula is C18H19NO4. The molecule has 2 N–H and O–H groups in total. The molecule has 23 heavy (non-hydrogen) atoms. The first kappa shape index (κ1) is 16.5. The van der Waals surface area contributed by atoms with Crippen molar-refractivity contribution in [2.45, 2.75) is 26.2 Å². The quantitative estimate of drug-likeness (QED) is 0.832. The molecule has 120 valence electrons. The lowest BCUT2D eigenvalue weighted by molar-refractivity contribution is 0.0698. The Morgan fingerprint density at radius 1 is 1.13 bits per heavy atom. The second-order valence-corrected chi connectivity index (χ2v) is 5.12. The maximum Gasteiger partial charge on any atom is 0.417 e. The third-order valence-corrected chi connectivity index (χ3v) is 3.32. The maximum absolute atomic E-state index is 11.9. The summed E-state index contributed by atoms with van der Waals surface area (Å²) in [5, 5.41) is 11.8. The van der Waals surface area contributed by atoms with Gasteiger partial charge in [-0.1, -0.05) is 37.6 Å². The molecule has 2 aromatic carbocycles. The lowest BCUT2D eigenvalue weighted by Crippen LogP contribution is -2.18. The van der Waals surface area contributed by atoms with Crippen LogP contribution in [0.5, 0.6) is 5.75 Å². The van der Waals surface area contributed by atoms with Crippen LogP contribution in [0.3, 0.4) is 0 Å². The summed E-state index contributed by atoms with van der Waals surface area (Å²) in [7, 11) is 0. The average Bonchev–Trinajstić information content (AvgIpc) is 2.54. The highest BCUT2D eigenvalue weighted by atomic mass is 16.6. The number of carbonyl (C=O) groups is 2. The molecule has 2 aromatic rings. The minimum Gasteiger partial charge on any atom is -0.478 e. The highest BCUT2D eigenvalue weighted by molar-refractivity contribution is 5.99. The van der Waals surface area contributed by atoms with Crippen LogP contribution < -0.4 is 10.1 Å². The van der Waals surface area contributed by atoms with E-state index in [4.69, 9.17) is 4.74 Å². The number of carbonyl (C=O) groups excluding carboxylic acids is 1. The minimum atomic E-state index is -1.08. The van der Waals surface area contributed by atoms with Crippen LogP contribution in [0.2, 0.25) is 0 Å². The summed E-state index contributed by atoms with van der Waals surface area (Å²) in [4.78, 5) is 23.3. The number of aromatic carboxylic acids is 1. The summed E-state index contributed by atoms with van der Waals surface area (Å²) in [6.45, 7) is 2.08. The maximum atomic E-state index is 11.9. The number of anilines is 1. The molecular weight excluding hydrogens is 294 g/mol. The first-order valence-electron chi connectivity index (χ1n) is 7.50. The molecule has 0 spiro atoms. The van der Waals surface area contributed by atoms with Crippen LogP contribution in [0, 0.1) is 0 Å². The summed E-state index contributed by atoms with van der Waals surface area (Å²) in [5.41, 5.74) is 1.22. The van der Waals surface area contributed by atoms with Gasteiger partial charge in [0.25, 0.3) is 0 Å². The Labute approximate surface area is 134 Å². The van der Waals surface area contributed by atoms with Gasteiger partial charge in [0.15, 0.2) is 0 Å². The van der Waals surface area contributed by atoms with Crippen molar-refractivity contribution in [2.24, 2.45) is 0 Å². The molecule has 2 rings (SSSR count). The molecule has 0 aliphatic carbocycles. The zero-order valence-corrected chi connectivity index (χ0v) is 12.9. The molecule has 0 unspecified atom stereocenters. The summed E-state index contributed by atoms with van der Waals surface area (Å²) in [6, 6.07) is 13.6. The smallest absolute Gasteiger partial charge is 0.417 e. The zero-order valence-electron chi connectivity index (χ0n) is 12.9. The van der Waals surface area contributed by atoms with Crippen molar-refractivity contribution < 1.29 is 19.4 Å². The summed E-state index contributed by atoms with van der Waals surface area (Å²) >= 11 is 0. The van der Waals surface area contributed by atoms with E-state index in [1.54, 1.807) is 36.4 Å². The Kier molecular flexibility index (Phi) is 5.74. The average molecular weight is 313 g/mol. The van der Waals surface area contributed by atoms with E-state index >= 15 is 0 Å². The molecule has 0 heterocycles. The van der Waals surface area contributed by atoms with Gasteiger partial charge >= 0.3 is 12.1 Å². The fraction of sp³-hybridized carbons (Fsp3) is 0.222. The van der Waals surface area contributed by atoms with Crippen LogP contribution >= 0.6 is 0 Å². The van der Waals surface area contributed by atoms with Crippen molar-refractivity contribution in [3.63, 3.8) is 0 Å². The second-order valence-electron chi connectivity index (χ2n) is 5.12. The molecule has 0 atom stereocenters. The van der Waals surface area contributed by atoms with E-state index in [0.29, 0.717) is 5.75 Å². The molecule has 0 saturated heterocycles. The van der Waals surface area contributed by atoms with Crippen LogP contribution in [-0.2, 0) is 6.42 Å². The molecule has 0 fully saturated rings. The number of hydrogen-bond donors (Lipinski definition) is 2. The Hall–Kier alpha value is -2.82. The van der Waals surface area contributed by atoms with E-state index in [0.717, 1.165) is 24.8 Å². The van der Waals surface area contributed by atoms with E-state index in [1.807, 2.05) is 12.1 Å². The van der Waals surface area contributed by atoms with Gasteiger partial charge in [-0.3, -0.25) is 5.32 Å². The SMILES string of the molecule is CCCCc1ccc(NC(=O)Oc2ccccc2)c(C(=O)O)c1. The Morgan fingerprint density at radius 2 is 1.87 bits per heavy atom. The van der Waals surface area contributed by atoms with Crippen molar-refractivity contribution in [1.82, 2.24) is 0 Å². The number of carboxylic acids is 1. The summed E-state index contributed by atoms with van der Waals surface area (Å²) in [6.07, 6.45) is 2.11. The van der Waals surface area contributed by atoms with Crippen LogP contribution in [0.4, 0.5) is 10.5 Å². The number of amides is 1.